The summed E-state index contributed by atoms with van der Waals surface area (Å²) < 4.78 is 0. The number of nitrogens with one attached hydrogen (secondary N) is 1. The van der Waals surface area contributed by atoms with Gasteiger partial charge in [0.1, 0.15) is 0 Å². The summed E-state index contributed by atoms with van der Waals surface area (Å²) in [5.41, 5.74) is 4.56. The third kappa shape index (κ3) is 3.02. The van der Waals surface area contributed by atoms with Gasteiger partial charge in [0, 0.05) is 29.5 Å². The highest BCUT2D eigenvalue weighted by atomic mass is 16.1. The second kappa shape index (κ2) is 6.72. The van der Waals surface area contributed by atoms with Crippen LogP contribution in [0.4, 0.5) is 5.69 Å². The molecule has 3 aromatic heterocycles. The van der Waals surface area contributed by atoms with E-state index in [1.54, 1.807) is 30.9 Å². The number of anilines is 1. The molecule has 0 aliphatic heterocycles. The lowest BCUT2D eigenvalue weighted by atomic mass is 10.0. The molecule has 0 saturated carbocycles. The van der Waals surface area contributed by atoms with E-state index in [0.717, 1.165) is 22.0 Å². The first-order valence-electron chi connectivity index (χ1n) is 8.24. The normalized spacial score (nSPS) is 10.7. The zero-order valence-corrected chi connectivity index (χ0v) is 14.2. The molecule has 1 N–H and O–H groups in total. The maximum atomic E-state index is 13.0. The SMILES string of the molecule is Cc1ccncc1NC(=O)c1cc(-c2cccnc2)nc2ccccc12. The topological polar surface area (TPSA) is 67.8 Å². The number of rotatable bonds is 3. The number of benzene rings is 1. The van der Waals surface area contributed by atoms with E-state index in [0.29, 0.717) is 16.9 Å². The Labute approximate surface area is 150 Å². The van der Waals surface area contributed by atoms with Gasteiger partial charge in [0.25, 0.3) is 5.91 Å². The number of nitrogens with zero attached hydrogens (tertiary/aromatic N) is 3. The summed E-state index contributed by atoms with van der Waals surface area (Å²) in [7, 11) is 0. The number of para-hydroxylation sites is 1. The van der Waals surface area contributed by atoms with Crippen LogP contribution < -0.4 is 5.32 Å². The van der Waals surface area contributed by atoms with Gasteiger partial charge in [-0.3, -0.25) is 14.8 Å². The van der Waals surface area contributed by atoms with Crippen molar-refractivity contribution in [3.05, 3.63) is 84.4 Å². The number of amides is 1. The van der Waals surface area contributed by atoms with E-state index in [1.165, 1.54) is 0 Å². The van der Waals surface area contributed by atoms with Crippen LogP contribution in [-0.4, -0.2) is 20.9 Å². The summed E-state index contributed by atoms with van der Waals surface area (Å²) in [5, 5.41) is 3.76. The maximum absolute atomic E-state index is 13.0. The first-order chi connectivity index (χ1) is 12.7. The number of carbonyl (C=O) groups excluding carboxylic acids is 1. The number of hydrogen-bond donors (Lipinski definition) is 1. The Morgan fingerprint density at radius 1 is 0.962 bits per heavy atom. The highest BCUT2D eigenvalue weighted by Crippen LogP contribution is 2.25. The highest BCUT2D eigenvalue weighted by Gasteiger charge is 2.15. The van der Waals surface area contributed by atoms with Crippen LogP contribution >= 0.6 is 0 Å². The predicted molar refractivity (Wildman–Crippen MR) is 102 cm³/mol. The Balaban J connectivity index is 1.83. The van der Waals surface area contributed by atoms with Crippen molar-refractivity contribution in [2.75, 3.05) is 5.32 Å². The molecule has 0 unspecified atom stereocenters. The van der Waals surface area contributed by atoms with E-state index in [9.17, 15) is 4.79 Å². The average Bonchev–Trinajstić information content (AvgIpc) is 2.69. The van der Waals surface area contributed by atoms with Gasteiger partial charge in [-0.05, 0) is 42.8 Å². The monoisotopic (exact) mass is 340 g/mol. The first-order valence-corrected chi connectivity index (χ1v) is 8.24. The lowest BCUT2D eigenvalue weighted by Crippen LogP contribution is -2.14. The fraction of sp³-hybridized carbons (Fsp3) is 0.0476. The number of carbonyl (C=O) groups is 1. The summed E-state index contributed by atoms with van der Waals surface area (Å²) in [6.45, 7) is 1.93. The molecule has 1 aromatic carbocycles. The second-order valence-electron chi connectivity index (χ2n) is 5.96. The quantitative estimate of drug-likeness (QED) is 0.605. The molecule has 4 aromatic rings. The van der Waals surface area contributed by atoms with Gasteiger partial charge in [-0.2, -0.15) is 0 Å². The van der Waals surface area contributed by atoms with Crippen molar-refractivity contribution < 1.29 is 4.79 Å². The zero-order chi connectivity index (χ0) is 17.9. The highest BCUT2D eigenvalue weighted by molar-refractivity contribution is 6.13. The molecule has 3 heterocycles. The van der Waals surface area contributed by atoms with E-state index >= 15 is 0 Å². The molecule has 5 heteroatoms. The number of pyridine rings is 3. The maximum Gasteiger partial charge on any atom is 0.256 e. The van der Waals surface area contributed by atoms with E-state index in [1.807, 2.05) is 49.4 Å². The van der Waals surface area contributed by atoms with Gasteiger partial charge in [0.15, 0.2) is 0 Å². The van der Waals surface area contributed by atoms with Crippen LogP contribution in [-0.2, 0) is 0 Å². The Hall–Kier alpha value is -3.60. The molecule has 0 radical (unpaired) electrons. The van der Waals surface area contributed by atoms with Crippen LogP contribution in [0, 0.1) is 6.92 Å². The van der Waals surface area contributed by atoms with Crippen LogP contribution in [0.5, 0.6) is 0 Å². The second-order valence-corrected chi connectivity index (χ2v) is 5.96. The molecule has 0 atom stereocenters. The van der Waals surface area contributed by atoms with Crippen molar-refractivity contribution in [3.63, 3.8) is 0 Å². The molecular weight excluding hydrogens is 324 g/mol. The largest absolute Gasteiger partial charge is 0.320 e. The summed E-state index contributed by atoms with van der Waals surface area (Å²) >= 11 is 0. The Bertz CT molecular complexity index is 1090. The third-order valence-corrected chi connectivity index (χ3v) is 4.21. The van der Waals surface area contributed by atoms with Gasteiger partial charge >= 0.3 is 0 Å². The van der Waals surface area contributed by atoms with Crippen molar-refractivity contribution in [3.8, 4) is 11.3 Å². The lowest BCUT2D eigenvalue weighted by Gasteiger charge is -2.11. The van der Waals surface area contributed by atoms with Gasteiger partial charge in [-0.25, -0.2) is 4.98 Å². The molecule has 0 fully saturated rings. The fourth-order valence-electron chi connectivity index (χ4n) is 2.81. The van der Waals surface area contributed by atoms with Crippen LogP contribution in [0.25, 0.3) is 22.2 Å². The summed E-state index contributed by atoms with van der Waals surface area (Å²) in [4.78, 5) is 25.9. The van der Waals surface area contributed by atoms with Crippen LogP contribution in [0.1, 0.15) is 15.9 Å². The van der Waals surface area contributed by atoms with Crippen LogP contribution in [0.3, 0.4) is 0 Å². The van der Waals surface area contributed by atoms with Crippen molar-refractivity contribution in [2.45, 2.75) is 6.92 Å². The molecule has 0 spiro atoms. The Kier molecular flexibility index (Phi) is 4.11. The minimum absolute atomic E-state index is 0.190. The molecular formula is C21H16N4O. The summed E-state index contributed by atoms with van der Waals surface area (Å²) in [5.74, 6) is -0.190. The summed E-state index contributed by atoms with van der Waals surface area (Å²) in [6, 6.07) is 15.1. The molecule has 5 nitrogen and oxygen atoms in total. The molecule has 1 amide bonds. The van der Waals surface area contributed by atoms with Gasteiger partial charge in [-0.1, -0.05) is 18.2 Å². The van der Waals surface area contributed by atoms with Crippen molar-refractivity contribution in [2.24, 2.45) is 0 Å². The van der Waals surface area contributed by atoms with Gasteiger partial charge in [0.2, 0.25) is 0 Å². The standard InChI is InChI=1S/C21H16N4O/c1-14-8-10-23-13-20(14)25-21(26)17-11-19(15-5-4-9-22-12-15)24-18-7-3-2-6-16(17)18/h2-13H,1H3,(H,25,26). The van der Waals surface area contributed by atoms with Gasteiger partial charge in [0.05, 0.1) is 28.7 Å². The number of aryl methyl sites for hydroxylation is 1. The smallest absolute Gasteiger partial charge is 0.256 e. The van der Waals surface area contributed by atoms with Crippen LogP contribution in [0.2, 0.25) is 0 Å². The molecule has 26 heavy (non-hydrogen) atoms. The predicted octanol–water partition coefficient (Wildman–Crippen LogP) is 4.25. The van der Waals surface area contributed by atoms with E-state index < -0.39 is 0 Å². The zero-order valence-electron chi connectivity index (χ0n) is 14.2. The lowest BCUT2D eigenvalue weighted by molar-refractivity contribution is 0.102. The van der Waals surface area contributed by atoms with Crippen molar-refractivity contribution in [1.82, 2.24) is 15.0 Å². The van der Waals surface area contributed by atoms with Gasteiger partial charge in [-0.15, -0.1) is 0 Å². The molecule has 126 valence electrons. The molecule has 0 saturated heterocycles. The van der Waals surface area contributed by atoms with E-state index in [-0.39, 0.29) is 5.91 Å². The number of aromatic nitrogens is 3. The van der Waals surface area contributed by atoms with Crippen LogP contribution in [0.15, 0.2) is 73.3 Å². The number of hydrogen-bond acceptors (Lipinski definition) is 4. The van der Waals surface area contributed by atoms with Crippen molar-refractivity contribution >= 4 is 22.5 Å². The van der Waals surface area contributed by atoms with E-state index in [4.69, 9.17) is 0 Å². The fourth-order valence-corrected chi connectivity index (χ4v) is 2.81. The Morgan fingerprint density at radius 2 is 1.81 bits per heavy atom. The molecule has 4 rings (SSSR count). The molecule has 0 aliphatic carbocycles. The number of fused-ring (bicyclic) bond motifs is 1. The third-order valence-electron chi connectivity index (χ3n) is 4.21. The van der Waals surface area contributed by atoms with Gasteiger partial charge < -0.3 is 5.32 Å². The van der Waals surface area contributed by atoms with E-state index in [2.05, 4.69) is 20.3 Å². The minimum Gasteiger partial charge on any atom is -0.320 e. The summed E-state index contributed by atoms with van der Waals surface area (Å²) in [6.07, 6.45) is 6.80. The molecule has 0 bridgehead atoms. The Morgan fingerprint density at radius 3 is 2.62 bits per heavy atom. The average molecular weight is 340 g/mol. The van der Waals surface area contributed by atoms with Crippen molar-refractivity contribution in [1.29, 1.82) is 0 Å². The minimum atomic E-state index is -0.190. The first kappa shape index (κ1) is 15.9. The molecule has 0 aliphatic rings.